The lowest BCUT2D eigenvalue weighted by Gasteiger charge is -2.00. The summed E-state index contributed by atoms with van der Waals surface area (Å²) in [6, 6.07) is 4.97. The van der Waals surface area contributed by atoms with E-state index in [0.717, 1.165) is 12.0 Å². The third-order valence-corrected chi connectivity index (χ3v) is 2.42. The zero-order valence-corrected chi connectivity index (χ0v) is 5.88. The van der Waals surface area contributed by atoms with Gasteiger partial charge in [-0.05, 0) is 23.3 Å². The Bertz CT molecular complexity index is 321. The van der Waals surface area contributed by atoms with Crippen molar-refractivity contribution in [1.82, 2.24) is 0 Å². The van der Waals surface area contributed by atoms with Gasteiger partial charge >= 0.3 is 0 Å². The average Bonchev–Trinajstić information content (AvgIpc) is 2.67. The second kappa shape index (κ2) is 1.64. The second-order valence-corrected chi connectivity index (χ2v) is 3.14. The minimum absolute atomic E-state index is 0.153. The Kier molecular flexibility index (Phi) is 0.853. The van der Waals surface area contributed by atoms with Crippen molar-refractivity contribution >= 4 is 0 Å². The molecule has 1 aromatic rings. The molecule has 1 aliphatic carbocycles. The fourth-order valence-electron chi connectivity index (χ4n) is 1.80. The van der Waals surface area contributed by atoms with E-state index in [4.69, 9.17) is 4.74 Å². The lowest BCUT2D eigenvalue weighted by atomic mass is 10.1. The largest absolute Gasteiger partial charge is 0.364 e. The van der Waals surface area contributed by atoms with E-state index < -0.39 is 0 Å². The van der Waals surface area contributed by atoms with Crippen LogP contribution in [0.25, 0.3) is 0 Å². The van der Waals surface area contributed by atoms with Gasteiger partial charge in [-0.25, -0.2) is 4.39 Å². The van der Waals surface area contributed by atoms with Crippen LogP contribution in [0.3, 0.4) is 0 Å². The van der Waals surface area contributed by atoms with E-state index in [1.165, 1.54) is 11.6 Å². The van der Waals surface area contributed by atoms with E-state index in [-0.39, 0.29) is 11.9 Å². The first-order chi connectivity index (χ1) is 5.34. The molecule has 56 valence electrons. The van der Waals surface area contributed by atoms with E-state index >= 15 is 0 Å². The van der Waals surface area contributed by atoms with Gasteiger partial charge in [-0.3, -0.25) is 0 Å². The van der Waals surface area contributed by atoms with Crippen LogP contribution in [0.15, 0.2) is 18.2 Å². The predicted molar refractivity (Wildman–Crippen MR) is 37.7 cm³/mol. The summed E-state index contributed by atoms with van der Waals surface area (Å²) in [5, 5.41) is 0. The Morgan fingerprint density at radius 2 is 2.36 bits per heavy atom. The Balaban J connectivity index is 2.20. The molecule has 3 rings (SSSR count). The van der Waals surface area contributed by atoms with Crippen LogP contribution in [0.1, 0.15) is 17.2 Å². The zero-order valence-electron chi connectivity index (χ0n) is 5.88. The van der Waals surface area contributed by atoms with Gasteiger partial charge in [0.05, 0.1) is 6.10 Å². The molecule has 11 heavy (non-hydrogen) atoms. The topological polar surface area (TPSA) is 12.5 Å². The molecule has 0 radical (unpaired) electrons. The smallest absolute Gasteiger partial charge is 0.123 e. The summed E-state index contributed by atoms with van der Waals surface area (Å²) in [4.78, 5) is 0. The number of halogens is 1. The SMILES string of the molecule is Fc1ccc2c(c1)[C@@H]1O[C@H]1C2. The van der Waals surface area contributed by atoms with Crippen molar-refractivity contribution in [2.75, 3.05) is 0 Å². The first kappa shape index (κ1) is 5.72. The van der Waals surface area contributed by atoms with Gasteiger partial charge < -0.3 is 4.74 Å². The fraction of sp³-hybridized carbons (Fsp3) is 0.333. The molecule has 1 aromatic carbocycles. The molecule has 1 nitrogen and oxygen atoms in total. The molecule has 0 amide bonds. The van der Waals surface area contributed by atoms with Crippen LogP contribution in [0.4, 0.5) is 4.39 Å². The maximum atomic E-state index is 12.7. The van der Waals surface area contributed by atoms with E-state index in [1.54, 1.807) is 6.07 Å². The number of epoxide rings is 1. The van der Waals surface area contributed by atoms with E-state index in [2.05, 4.69) is 0 Å². The maximum absolute atomic E-state index is 12.7. The highest BCUT2D eigenvalue weighted by atomic mass is 19.1. The van der Waals surface area contributed by atoms with Crippen LogP contribution >= 0.6 is 0 Å². The lowest BCUT2D eigenvalue weighted by molar-refractivity contribution is 0.360. The van der Waals surface area contributed by atoms with Crippen molar-refractivity contribution in [3.05, 3.63) is 35.1 Å². The summed E-state index contributed by atoms with van der Waals surface area (Å²) in [7, 11) is 0. The monoisotopic (exact) mass is 150 g/mol. The summed E-state index contributed by atoms with van der Waals surface area (Å²) in [5.74, 6) is -0.153. The van der Waals surface area contributed by atoms with Crippen LogP contribution in [0.5, 0.6) is 0 Å². The van der Waals surface area contributed by atoms with Crippen molar-refractivity contribution in [3.63, 3.8) is 0 Å². The molecule has 2 aliphatic rings. The Morgan fingerprint density at radius 3 is 3.27 bits per heavy atom. The molecule has 1 aliphatic heterocycles. The van der Waals surface area contributed by atoms with E-state index in [9.17, 15) is 4.39 Å². The molecule has 0 unspecified atom stereocenters. The van der Waals surface area contributed by atoms with Crippen molar-refractivity contribution in [1.29, 1.82) is 0 Å². The molecule has 2 heteroatoms. The number of fused-ring (bicyclic) bond motifs is 3. The normalized spacial score (nSPS) is 31.4. The van der Waals surface area contributed by atoms with Gasteiger partial charge in [0, 0.05) is 6.42 Å². The maximum Gasteiger partial charge on any atom is 0.123 e. The molecule has 0 saturated carbocycles. The highest BCUT2D eigenvalue weighted by molar-refractivity contribution is 5.39. The van der Waals surface area contributed by atoms with Crippen LogP contribution < -0.4 is 0 Å². The molecule has 0 spiro atoms. The van der Waals surface area contributed by atoms with Gasteiger partial charge in [-0.15, -0.1) is 0 Å². The minimum Gasteiger partial charge on any atom is -0.364 e. The second-order valence-electron chi connectivity index (χ2n) is 3.14. The quantitative estimate of drug-likeness (QED) is 0.514. The highest BCUT2D eigenvalue weighted by Crippen LogP contribution is 2.48. The van der Waals surface area contributed by atoms with Crippen molar-refractivity contribution in [3.8, 4) is 0 Å². The van der Waals surface area contributed by atoms with Crippen molar-refractivity contribution < 1.29 is 9.13 Å². The molecular formula is C9H7FO. The average molecular weight is 150 g/mol. The predicted octanol–water partition coefficient (Wildman–Crippen LogP) is 1.82. The van der Waals surface area contributed by atoms with Crippen LogP contribution in [0.2, 0.25) is 0 Å². The Hall–Kier alpha value is -0.890. The van der Waals surface area contributed by atoms with E-state index in [0.29, 0.717) is 6.10 Å². The van der Waals surface area contributed by atoms with Crippen molar-refractivity contribution in [2.45, 2.75) is 18.6 Å². The van der Waals surface area contributed by atoms with Crippen LogP contribution in [-0.2, 0) is 11.2 Å². The highest BCUT2D eigenvalue weighted by Gasteiger charge is 2.47. The summed E-state index contributed by atoms with van der Waals surface area (Å²) in [5.41, 5.74) is 2.32. The van der Waals surface area contributed by atoms with Gasteiger partial charge in [-0.1, -0.05) is 6.07 Å². The summed E-state index contributed by atoms with van der Waals surface area (Å²) >= 11 is 0. The Morgan fingerprint density at radius 1 is 1.45 bits per heavy atom. The first-order valence-corrected chi connectivity index (χ1v) is 3.78. The molecule has 1 heterocycles. The molecule has 1 fully saturated rings. The summed E-state index contributed by atoms with van der Waals surface area (Å²) < 4.78 is 18.0. The third-order valence-electron chi connectivity index (χ3n) is 2.42. The number of hydrogen-bond donors (Lipinski definition) is 0. The number of ether oxygens (including phenoxy) is 1. The number of rotatable bonds is 0. The number of benzene rings is 1. The number of hydrogen-bond acceptors (Lipinski definition) is 1. The van der Waals surface area contributed by atoms with Gasteiger partial charge in [-0.2, -0.15) is 0 Å². The Labute approximate surface area is 63.8 Å². The van der Waals surface area contributed by atoms with Gasteiger partial charge in [0.25, 0.3) is 0 Å². The molecule has 1 saturated heterocycles. The summed E-state index contributed by atoms with van der Waals surface area (Å²) in [6.07, 6.45) is 1.56. The molecule has 0 aromatic heterocycles. The third kappa shape index (κ3) is 0.676. The first-order valence-electron chi connectivity index (χ1n) is 3.78. The van der Waals surface area contributed by atoms with Crippen molar-refractivity contribution in [2.24, 2.45) is 0 Å². The van der Waals surface area contributed by atoms with Gasteiger partial charge in [0.2, 0.25) is 0 Å². The molecule has 0 N–H and O–H groups in total. The fourth-order valence-corrected chi connectivity index (χ4v) is 1.80. The van der Waals surface area contributed by atoms with Gasteiger partial charge in [0.1, 0.15) is 11.9 Å². The summed E-state index contributed by atoms with van der Waals surface area (Å²) in [6.45, 7) is 0. The molecule has 0 bridgehead atoms. The molecule has 2 atom stereocenters. The zero-order chi connectivity index (χ0) is 7.42. The van der Waals surface area contributed by atoms with Crippen LogP contribution in [0, 0.1) is 5.82 Å². The minimum atomic E-state index is -0.153. The van der Waals surface area contributed by atoms with Crippen LogP contribution in [-0.4, -0.2) is 6.10 Å². The van der Waals surface area contributed by atoms with Gasteiger partial charge in [0.15, 0.2) is 0 Å². The molecular weight excluding hydrogens is 143 g/mol. The standard InChI is InChI=1S/C9H7FO/c10-6-2-1-5-3-8-9(11-8)7(5)4-6/h1-2,4,8-9H,3H2/t8-,9-/m0/s1. The lowest BCUT2D eigenvalue weighted by Crippen LogP contribution is -1.89. The van der Waals surface area contributed by atoms with E-state index in [1.807, 2.05) is 6.07 Å².